The molecule has 4 heteroatoms. The van der Waals surface area contributed by atoms with Crippen LogP contribution in [0.25, 0.3) is 0 Å². The van der Waals surface area contributed by atoms with Crippen LogP contribution in [0.3, 0.4) is 0 Å². The Morgan fingerprint density at radius 3 is 2.47 bits per heavy atom. The zero-order valence-corrected chi connectivity index (χ0v) is 8.43. The number of aryl methyl sites for hydroxylation is 1. The van der Waals surface area contributed by atoms with Gasteiger partial charge in [0, 0.05) is 5.69 Å². The lowest BCUT2D eigenvalue weighted by atomic mass is 10.1. The summed E-state index contributed by atoms with van der Waals surface area (Å²) in [6.07, 6.45) is -2.07. The largest absolute Gasteiger partial charge is 0.433 e. The molecule has 0 bridgehead atoms. The smallest absolute Gasteiger partial charge is 0.248 e. The molecule has 1 aromatic rings. The standard InChI is InChI=1S/C11H12F3N/c1-2-8-5-6-9(7-3-4-7)10(15-8)11(12,13)14/h5-7H,2-4H2,1H3. The Bertz CT molecular complexity index is 367. The molecule has 0 aliphatic heterocycles. The van der Waals surface area contributed by atoms with E-state index in [2.05, 4.69) is 4.98 Å². The second-order valence-corrected chi connectivity index (χ2v) is 3.87. The van der Waals surface area contributed by atoms with Gasteiger partial charge in [0.15, 0.2) is 0 Å². The summed E-state index contributed by atoms with van der Waals surface area (Å²) in [5.41, 5.74) is 0.204. The van der Waals surface area contributed by atoms with Gasteiger partial charge in [0.05, 0.1) is 0 Å². The molecule has 1 heterocycles. The number of hydrogen-bond donors (Lipinski definition) is 0. The van der Waals surface area contributed by atoms with Crippen molar-refractivity contribution in [3.8, 4) is 0 Å². The lowest BCUT2D eigenvalue weighted by Gasteiger charge is -2.12. The Morgan fingerprint density at radius 2 is 2.00 bits per heavy atom. The van der Waals surface area contributed by atoms with Crippen LogP contribution in [-0.4, -0.2) is 4.98 Å². The normalized spacial score (nSPS) is 16.8. The first kappa shape index (κ1) is 10.5. The van der Waals surface area contributed by atoms with E-state index in [1.165, 1.54) is 0 Å². The highest BCUT2D eigenvalue weighted by Crippen LogP contribution is 2.45. The van der Waals surface area contributed by atoms with Crippen LogP contribution in [0.2, 0.25) is 0 Å². The molecule has 0 unspecified atom stereocenters. The van der Waals surface area contributed by atoms with Gasteiger partial charge >= 0.3 is 6.18 Å². The Hall–Kier alpha value is -1.06. The topological polar surface area (TPSA) is 12.9 Å². The van der Waals surface area contributed by atoms with Gasteiger partial charge in [0.2, 0.25) is 0 Å². The van der Waals surface area contributed by atoms with Crippen LogP contribution in [0.15, 0.2) is 12.1 Å². The van der Waals surface area contributed by atoms with E-state index in [4.69, 9.17) is 0 Å². The van der Waals surface area contributed by atoms with Gasteiger partial charge in [-0.1, -0.05) is 13.0 Å². The zero-order chi connectivity index (χ0) is 11.1. The van der Waals surface area contributed by atoms with Crippen LogP contribution in [-0.2, 0) is 12.6 Å². The first-order chi connectivity index (χ1) is 7.02. The summed E-state index contributed by atoms with van der Waals surface area (Å²) in [6, 6.07) is 3.29. The molecule has 0 aromatic carbocycles. The summed E-state index contributed by atoms with van der Waals surface area (Å²) >= 11 is 0. The van der Waals surface area contributed by atoms with Crippen molar-refractivity contribution in [1.29, 1.82) is 0 Å². The summed E-state index contributed by atoms with van der Waals surface area (Å²) in [4.78, 5) is 3.70. The van der Waals surface area contributed by atoms with Crippen molar-refractivity contribution in [3.05, 3.63) is 29.1 Å². The highest BCUT2D eigenvalue weighted by atomic mass is 19.4. The molecule has 15 heavy (non-hydrogen) atoms. The number of aromatic nitrogens is 1. The second-order valence-electron chi connectivity index (χ2n) is 3.87. The average molecular weight is 215 g/mol. The van der Waals surface area contributed by atoms with E-state index < -0.39 is 11.9 Å². The molecule has 0 saturated heterocycles. The lowest BCUT2D eigenvalue weighted by Crippen LogP contribution is -2.12. The fourth-order valence-electron chi connectivity index (χ4n) is 1.66. The van der Waals surface area contributed by atoms with E-state index in [1.807, 2.05) is 0 Å². The average Bonchev–Trinajstić information content (AvgIpc) is 2.99. The summed E-state index contributed by atoms with van der Waals surface area (Å²) in [6.45, 7) is 1.80. The Morgan fingerprint density at radius 1 is 1.33 bits per heavy atom. The van der Waals surface area contributed by atoms with Gasteiger partial charge in [-0.05, 0) is 36.8 Å². The molecule has 1 aliphatic rings. The molecule has 0 spiro atoms. The number of pyridine rings is 1. The van der Waals surface area contributed by atoms with Crippen LogP contribution in [0, 0.1) is 0 Å². The number of alkyl halides is 3. The zero-order valence-electron chi connectivity index (χ0n) is 8.43. The second kappa shape index (κ2) is 3.51. The SMILES string of the molecule is CCc1ccc(C2CC2)c(C(F)(F)F)n1. The van der Waals surface area contributed by atoms with Crippen molar-refractivity contribution < 1.29 is 13.2 Å². The summed E-state index contributed by atoms with van der Waals surface area (Å²) in [5, 5.41) is 0. The molecule has 0 radical (unpaired) electrons. The number of halogens is 3. The Balaban J connectivity index is 2.45. The van der Waals surface area contributed by atoms with E-state index in [-0.39, 0.29) is 5.92 Å². The van der Waals surface area contributed by atoms with Gasteiger partial charge in [-0.3, -0.25) is 0 Å². The van der Waals surface area contributed by atoms with Crippen molar-refractivity contribution >= 4 is 0 Å². The predicted octanol–water partition coefficient (Wildman–Crippen LogP) is 3.54. The molecule has 1 aliphatic carbocycles. The maximum atomic E-state index is 12.7. The van der Waals surface area contributed by atoms with Gasteiger partial charge < -0.3 is 0 Å². The number of rotatable bonds is 2. The summed E-state index contributed by atoms with van der Waals surface area (Å²) < 4.78 is 38.1. The van der Waals surface area contributed by atoms with Gasteiger partial charge in [-0.15, -0.1) is 0 Å². The number of nitrogens with zero attached hydrogens (tertiary/aromatic N) is 1. The fourth-order valence-corrected chi connectivity index (χ4v) is 1.66. The maximum absolute atomic E-state index is 12.7. The third-order valence-electron chi connectivity index (χ3n) is 2.63. The first-order valence-electron chi connectivity index (χ1n) is 5.09. The summed E-state index contributed by atoms with van der Waals surface area (Å²) in [5.74, 6) is 0.0834. The van der Waals surface area contributed by atoms with Crippen LogP contribution >= 0.6 is 0 Å². The molecule has 0 N–H and O–H groups in total. The molecule has 82 valence electrons. The minimum absolute atomic E-state index is 0.0834. The van der Waals surface area contributed by atoms with Crippen LogP contribution < -0.4 is 0 Å². The molecular formula is C11H12F3N. The van der Waals surface area contributed by atoms with Gasteiger partial charge in [-0.25, -0.2) is 4.98 Å². The van der Waals surface area contributed by atoms with E-state index in [9.17, 15) is 13.2 Å². The number of hydrogen-bond acceptors (Lipinski definition) is 1. The van der Waals surface area contributed by atoms with E-state index in [0.717, 1.165) is 12.8 Å². The quantitative estimate of drug-likeness (QED) is 0.735. The van der Waals surface area contributed by atoms with Crippen molar-refractivity contribution in [2.45, 2.75) is 38.3 Å². The molecule has 1 aromatic heterocycles. The van der Waals surface area contributed by atoms with Gasteiger partial charge in [0.25, 0.3) is 0 Å². The van der Waals surface area contributed by atoms with Crippen molar-refractivity contribution in [3.63, 3.8) is 0 Å². The van der Waals surface area contributed by atoms with E-state index in [0.29, 0.717) is 17.7 Å². The molecule has 1 nitrogen and oxygen atoms in total. The van der Waals surface area contributed by atoms with E-state index in [1.54, 1.807) is 19.1 Å². The minimum Gasteiger partial charge on any atom is -0.248 e. The molecular weight excluding hydrogens is 203 g/mol. The molecule has 2 rings (SSSR count). The fraction of sp³-hybridized carbons (Fsp3) is 0.545. The molecule has 1 fully saturated rings. The van der Waals surface area contributed by atoms with Crippen molar-refractivity contribution in [2.24, 2.45) is 0 Å². The molecule has 0 atom stereocenters. The van der Waals surface area contributed by atoms with Crippen LogP contribution in [0.1, 0.15) is 42.6 Å². The first-order valence-corrected chi connectivity index (χ1v) is 5.09. The lowest BCUT2D eigenvalue weighted by molar-refractivity contribution is -0.141. The minimum atomic E-state index is -4.32. The van der Waals surface area contributed by atoms with Crippen LogP contribution in [0.5, 0.6) is 0 Å². The Labute approximate surface area is 86.3 Å². The predicted molar refractivity (Wildman–Crippen MR) is 50.6 cm³/mol. The monoisotopic (exact) mass is 215 g/mol. The van der Waals surface area contributed by atoms with Gasteiger partial charge in [-0.2, -0.15) is 13.2 Å². The highest BCUT2D eigenvalue weighted by molar-refractivity contribution is 5.31. The third-order valence-corrected chi connectivity index (χ3v) is 2.63. The summed E-state index contributed by atoms with van der Waals surface area (Å²) in [7, 11) is 0. The molecule has 0 amide bonds. The van der Waals surface area contributed by atoms with Gasteiger partial charge in [0.1, 0.15) is 5.69 Å². The molecule has 1 saturated carbocycles. The van der Waals surface area contributed by atoms with Crippen LogP contribution in [0.4, 0.5) is 13.2 Å². The van der Waals surface area contributed by atoms with Crippen molar-refractivity contribution in [1.82, 2.24) is 4.98 Å². The van der Waals surface area contributed by atoms with Crippen molar-refractivity contribution in [2.75, 3.05) is 0 Å². The third kappa shape index (κ3) is 2.13. The highest BCUT2D eigenvalue weighted by Gasteiger charge is 2.39. The maximum Gasteiger partial charge on any atom is 0.433 e. The van der Waals surface area contributed by atoms with E-state index >= 15 is 0 Å². The Kier molecular flexibility index (Phi) is 2.44.